The number of thiocarbonyl (C=S) groups is 1. The zero-order valence-electron chi connectivity index (χ0n) is 12.0. The van der Waals surface area contributed by atoms with E-state index >= 15 is 0 Å². The number of amides is 1. The number of carbonyl (C=O) groups is 1. The van der Waals surface area contributed by atoms with Gasteiger partial charge in [0.15, 0.2) is 5.11 Å². The van der Waals surface area contributed by atoms with Crippen molar-refractivity contribution in [3.63, 3.8) is 0 Å². The van der Waals surface area contributed by atoms with Crippen LogP contribution in [0.2, 0.25) is 10.0 Å². The quantitative estimate of drug-likeness (QED) is 0.715. The van der Waals surface area contributed by atoms with Crippen molar-refractivity contribution >= 4 is 52.1 Å². The van der Waals surface area contributed by atoms with Gasteiger partial charge in [0.1, 0.15) is 6.04 Å². The van der Waals surface area contributed by atoms with Crippen LogP contribution in [-0.4, -0.2) is 22.0 Å². The fourth-order valence-electron chi connectivity index (χ4n) is 3.18. The molecular weight excluding hydrogens is 351 g/mol. The van der Waals surface area contributed by atoms with E-state index in [-0.39, 0.29) is 11.9 Å². The van der Waals surface area contributed by atoms with E-state index in [2.05, 4.69) is 12.1 Å². The minimum atomic E-state index is -0.244. The molecule has 2 aliphatic rings. The van der Waals surface area contributed by atoms with E-state index < -0.39 is 0 Å². The SMILES string of the molecule is O=C1[C@@H]2Cc3ccccc3CN2C(=S)N1c1ccc(Cl)c(Cl)c1. The number of hydrogen-bond acceptors (Lipinski definition) is 2. The number of hydrogen-bond donors (Lipinski definition) is 0. The number of nitrogens with zero attached hydrogens (tertiary/aromatic N) is 2. The van der Waals surface area contributed by atoms with Crippen LogP contribution in [0, 0.1) is 0 Å². The second-order valence-electron chi connectivity index (χ2n) is 5.67. The lowest BCUT2D eigenvalue weighted by atomic mass is 9.95. The predicted octanol–water partition coefficient (Wildman–Crippen LogP) is 4.05. The lowest BCUT2D eigenvalue weighted by Crippen LogP contribution is -2.39. The number of fused-ring (bicyclic) bond motifs is 2. The maximum Gasteiger partial charge on any atom is 0.256 e. The third kappa shape index (κ3) is 2.33. The van der Waals surface area contributed by atoms with Crippen LogP contribution in [0.4, 0.5) is 5.69 Å². The fraction of sp³-hybridized carbons (Fsp3) is 0.176. The van der Waals surface area contributed by atoms with Gasteiger partial charge in [-0.15, -0.1) is 0 Å². The molecule has 1 atom stereocenters. The van der Waals surface area contributed by atoms with Gasteiger partial charge < -0.3 is 4.90 Å². The molecule has 0 aromatic heterocycles. The summed E-state index contributed by atoms with van der Waals surface area (Å²) < 4.78 is 0. The molecule has 6 heteroatoms. The maximum absolute atomic E-state index is 12.9. The molecule has 0 unspecified atom stereocenters. The molecule has 23 heavy (non-hydrogen) atoms. The fourth-order valence-corrected chi connectivity index (χ4v) is 3.86. The van der Waals surface area contributed by atoms with Crippen molar-refractivity contribution in [2.24, 2.45) is 0 Å². The van der Waals surface area contributed by atoms with Gasteiger partial charge in [-0.1, -0.05) is 47.5 Å². The molecule has 0 bridgehead atoms. The monoisotopic (exact) mass is 362 g/mol. The van der Waals surface area contributed by atoms with Crippen molar-refractivity contribution in [2.75, 3.05) is 4.90 Å². The molecule has 1 saturated heterocycles. The summed E-state index contributed by atoms with van der Waals surface area (Å²) in [4.78, 5) is 16.4. The summed E-state index contributed by atoms with van der Waals surface area (Å²) in [6.45, 7) is 0.656. The maximum atomic E-state index is 12.9. The first-order valence-corrected chi connectivity index (χ1v) is 8.39. The van der Waals surface area contributed by atoms with Gasteiger partial charge in [0.2, 0.25) is 0 Å². The van der Waals surface area contributed by atoms with Crippen LogP contribution in [0.15, 0.2) is 42.5 Å². The summed E-state index contributed by atoms with van der Waals surface area (Å²) >= 11 is 17.6. The number of rotatable bonds is 1. The highest BCUT2D eigenvalue weighted by molar-refractivity contribution is 7.80. The third-order valence-corrected chi connectivity index (χ3v) is 5.51. The van der Waals surface area contributed by atoms with Gasteiger partial charge in [-0.25, -0.2) is 0 Å². The lowest BCUT2D eigenvalue weighted by Gasteiger charge is -2.30. The molecule has 0 N–H and O–H groups in total. The van der Waals surface area contributed by atoms with Crippen LogP contribution in [0.1, 0.15) is 11.1 Å². The lowest BCUT2D eigenvalue weighted by molar-refractivity contribution is -0.119. The smallest absolute Gasteiger partial charge is 0.256 e. The summed E-state index contributed by atoms with van der Waals surface area (Å²) in [7, 11) is 0. The molecule has 2 aromatic carbocycles. The Hall–Kier alpha value is -1.62. The average molecular weight is 363 g/mol. The van der Waals surface area contributed by atoms with E-state index in [9.17, 15) is 4.79 Å². The molecule has 2 aromatic rings. The standard InChI is InChI=1S/C17H12Cl2N2OS/c18-13-6-5-12(8-14(13)19)21-16(22)15-7-10-3-1-2-4-11(10)9-20(15)17(21)23/h1-6,8,15H,7,9H2/t15-/m0/s1. The van der Waals surface area contributed by atoms with E-state index in [1.54, 1.807) is 23.1 Å². The van der Waals surface area contributed by atoms with E-state index in [0.717, 1.165) is 0 Å². The molecule has 116 valence electrons. The molecule has 0 spiro atoms. The summed E-state index contributed by atoms with van der Waals surface area (Å²) in [5, 5.41) is 1.39. The van der Waals surface area contributed by atoms with Crippen molar-refractivity contribution < 1.29 is 4.79 Å². The summed E-state index contributed by atoms with van der Waals surface area (Å²) in [5.41, 5.74) is 3.09. The number of halogens is 2. The van der Waals surface area contributed by atoms with Crippen LogP contribution in [-0.2, 0) is 17.8 Å². The van der Waals surface area contributed by atoms with Gasteiger partial charge >= 0.3 is 0 Å². The molecule has 2 heterocycles. The molecule has 2 aliphatic heterocycles. The van der Waals surface area contributed by atoms with Gasteiger partial charge in [-0.05, 0) is 41.5 Å². The van der Waals surface area contributed by atoms with Crippen LogP contribution in [0.3, 0.4) is 0 Å². The van der Waals surface area contributed by atoms with Crippen LogP contribution in [0.5, 0.6) is 0 Å². The number of benzene rings is 2. The van der Waals surface area contributed by atoms with Crippen LogP contribution < -0.4 is 4.90 Å². The highest BCUT2D eigenvalue weighted by Gasteiger charge is 2.45. The van der Waals surface area contributed by atoms with Gasteiger partial charge in [-0.3, -0.25) is 9.69 Å². The van der Waals surface area contributed by atoms with Crippen molar-refractivity contribution in [3.05, 3.63) is 63.6 Å². The number of carbonyl (C=O) groups excluding carboxylic acids is 1. The second-order valence-corrected chi connectivity index (χ2v) is 6.85. The second kappa shape index (κ2) is 5.48. The topological polar surface area (TPSA) is 23.6 Å². The zero-order chi connectivity index (χ0) is 16.1. The van der Waals surface area contributed by atoms with Crippen molar-refractivity contribution in [1.82, 2.24) is 4.90 Å². The Labute approximate surface area is 149 Å². The predicted molar refractivity (Wildman–Crippen MR) is 96.0 cm³/mol. The van der Waals surface area contributed by atoms with Crippen LogP contribution in [0.25, 0.3) is 0 Å². The van der Waals surface area contributed by atoms with E-state index in [1.807, 2.05) is 17.0 Å². The van der Waals surface area contributed by atoms with E-state index in [1.165, 1.54) is 11.1 Å². The van der Waals surface area contributed by atoms with Crippen molar-refractivity contribution in [1.29, 1.82) is 0 Å². The minimum Gasteiger partial charge on any atom is -0.332 e. The average Bonchev–Trinajstić information content (AvgIpc) is 2.79. The first-order valence-electron chi connectivity index (χ1n) is 7.22. The van der Waals surface area contributed by atoms with Gasteiger partial charge in [0.05, 0.1) is 15.7 Å². The van der Waals surface area contributed by atoms with E-state index in [4.69, 9.17) is 35.4 Å². The molecule has 0 radical (unpaired) electrons. The highest BCUT2D eigenvalue weighted by atomic mass is 35.5. The molecule has 0 aliphatic carbocycles. The summed E-state index contributed by atoms with van der Waals surface area (Å²) in [6.07, 6.45) is 0.674. The Bertz CT molecular complexity index is 796. The molecular formula is C17H12Cl2N2OS. The largest absolute Gasteiger partial charge is 0.332 e. The summed E-state index contributed by atoms with van der Waals surface area (Å²) in [6, 6.07) is 13.1. The third-order valence-electron chi connectivity index (χ3n) is 4.35. The van der Waals surface area contributed by atoms with Crippen LogP contribution >= 0.6 is 35.4 Å². The zero-order valence-corrected chi connectivity index (χ0v) is 14.3. The van der Waals surface area contributed by atoms with Gasteiger partial charge in [0, 0.05) is 13.0 Å². The van der Waals surface area contributed by atoms with Gasteiger partial charge in [0.25, 0.3) is 5.91 Å². The number of anilines is 1. The molecule has 4 rings (SSSR count). The summed E-state index contributed by atoms with van der Waals surface area (Å²) in [5.74, 6) is -0.0112. The molecule has 1 fully saturated rings. The van der Waals surface area contributed by atoms with Gasteiger partial charge in [-0.2, -0.15) is 0 Å². The molecule has 1 amide bonds. The van der Waals surface area contributed by atoms with Crippen molar-refractivity contribution in [2.45, 2.75) is 19.0 Å². The minimum absolute atomic E-state index is 0.0112. The molecule has 0 saturated carbocycles. The van der Waals surface area contributed by atoms with E-state index in [0.29, 0.717) is 33.8 Å². The highest BCUT2D eigenvalue weighted by Crippen LogP contribution is 2.35. The first-order chi connectivity index (χ1) is 11.1. The Morgan fingerprint density at radius 3 is 2.52 bits per heavy atom. The first kappa shape index (κ1) is 14.9. The Morgan fingerprint density at radius 1 is 1.04 bits per heavy atom. The van der Waals surface area contributed by atoms with Crippen molar-refractivity contribution in [3.8, 4) is 0 Å². The Balaban J connectivity index is 1.72. The Morgan fingerprint density at radius 2 is 1.78 bits per heavy atom. The molecule has 3 nitrogen and oxygen atoms in total. The normalized spacial score (nSPS) is 19.8. The Kier molecular flexibility index (Phi) is 3.56.